The molecule has 0 aromatic carbocycles. The summed E-state index contributed by atoms with van der Waals surface area (Å²) in [7, 11) is 0. The minimum absolute atomic E-state index is 0.00410. The summed E-state index contributed by atoms with van der Waals surface area (Å²) in [6.45, 7) is 5.97. The number of hydrogen-bond acceptors (Lipinski definition) is 3. The number of nitrogens with zero attached hydrogens (tertiary/aromatic N) is 1. The van der Waals surface area contributed by atoms with Gasteiger partial charge in [0.05, 0.1) is 13.1 Å². The molecule has 3 N–H and O–H groups in total. The van der Waals surface area contributed by atoms with Crippen LogP contribution in [0.15, 0.2) is 0 Å². The lowest BCUT2D eigenvalue weighted by Gasteiger charge is -2.26. The molecule has 0 atom stereocenters. The first kappa shape index (κ1) is 14.0. The molecule has 0 bridgehead atoms. The van der Waals surface area contributed by atoms with Gasteiger partial charge in [-0.15, -0.1) is 0 Å². The van der Waals surface area contributed by atoms with Crippen molar-refractivity contribution in [1.29, 1.82) is 0 Å². The first-order valence-electron chi connectivity index (χ1n) is 6.31. The molecule has 98 valence electrons. The van der Waals surface area contributed by atoms with Crippen LogP contribution in [0.4, 0.5) is 0 Å². The number of carbonyl (C=O) groups is 2. The van der Waals surface area contributed by atoms with Crippen molar-refractivity contribution in [3.05, 3.63) is 0 Å². The maximum absolute atomic E-state index is 11.9. The minimum atomic E-state index is -0.283. The maximum Gasteiger partial charge on any atom is 0.241 e. The first-order valence-corrected chi connectivity index (χ1v) is 6.31. The van der Waals surface area contributed by atoms with Gasteiger partial charge in [0, 0.05) is 13.1 Å². The lowest BCUT2D eigenvalue weighted by Crippen LogP contribution is -2.41. The van der Waals surface area contributed by atoms with Gasteiger partial charge in [0.2, 0.25) is 11.8 Å². The molecule has 0 aromatic rings. The standard InChI is InChI=1S/C12H23N3O2/c1-3-12(4-2)5-6-15(9-12)11(17)8-14-10(16)7-13/h3-9,13H2,1-2H3,(H,14,16). The molecular formula is C12H23N3O2. The van der Waals surface area contributed by atoms with E-state index in [0.29, 0.717) is 0 Å². The summed E-state index contributed by atoms with van der Waals surface area (Å²) in [6.07, 6.45) is 3.27. The monoisotopic (exact) mass is 241 g/mol. The van der Waals surface area contributed by atoms with E-state index in [-0.39, 0.29) is 30.3 Å². The number of carbonyl (C=O) groups excluding carboxylic acids is 2. The molecule has 2 amide bonds. The van der Waals surface area contributed by atoms with E-state index in [2.05, 4.69) is 19.2 Å². The molecule has 1 rings (SSSR count). The molecule has 0 unspecified atom stereocenters. The Balaban J connectivity index is 2.42. The van der Waals surface area contributed by atoms with E-state index in [9.17, 15) is 9.59 Å². The fraction of sp³-hybridized carbons (Fsp3) is 0.833. The van der Waals surface area contributed by atoms with Crippen LogP contribution in [-0.4, -0.2) is 42.9 Å². The number of likely N-dealkylation sites (tertiary alicyclic amines) is 1. The quantitative estimate of drug-likeness (QED) is 0.717. The van der Waals surface area contributed by atoms with Gasteiger partial charge in [-0.3, -0.25) is 9.59 Å². The van der Waals surface area contributed by atoms with E-state index in [1.807, 2.05) is 4.90 Å². The summed E-state index contributed by atoms with van der Waals surface area (Å²) in [5.74, 6) is -0.287. The SMILES string of the molecule is CCC1(CC)CCN(C(=O)CNC(=O)CN)C1. The van der Waals surface area contributed by atoms with Crippen LogP contribution in [-0.2, 0) is 9.59 Å². The fourth-order valence-electron chi connectivity index (χ4n) is 2.33. The van der Waals surface area contributed by atoms with Crippen LogP contribution in [0.3, 0.4) is 0 Å². The highest BCUT2D eigenvalue weighted by atomic mass is 16.2. The Morgan fingerprint density at radius 2 is 2.00 bits per heavy atom. The number of hydrogen-bond donors (Lipinski definition) is 2. The third-order valence-corrected chi connectivity index (χ3v) is 3.91. The second-order valence-corrected chi connectivity index (χ2v) is 4.75. The lowest BCUT2D eigenvalue weighted by molar-refractivity contribution is -0.132. The van der Waals surface area contributed by atoms with Crippen LogP contribution in [0.2, 0.25) is 0 Å². The van der Waals surface area contributed by atoms with E-state index < -0.39 is 0 Å². The van der Waals surface area contributed by atoms with Gasteiger partial charge in [-0.2, -0.15) is 0 Å². The van der Waals surface area contributed by atoms with Gasteiger partial charge in [0.1, 0.15) is 0 Å². The molecule has 1 aliphatic rings. The molecule has 17 heavy (non-hydrogen) atoms. The summed E-state index contributed by atoms with van der Waals surface area (Å²) < 4.78 is 0. The van der Waals surface area contributed by atoms with Gasteiger partial charge in [0.25, 0.3) is 0 Å². The van der Waals surface area contributed by atoms with Crippen LogP contribution < -0.4 is 11.1 Å². The van der Waals surface area contributed by atoms with Gasteiger partial charge in [-0.05, 0) is 24.7 Å². The molecule has 1 saturated heterocycles. The van der Waals surface area contributed by atoms with Crippen molar-refractivity contribution < 1.29 is 9.59 Å². The lowest BCUT2D eigenvalue weighted by atomic mass is 9.82. The van der Waals surface area contributed by atoms with E-state index >= 15 is 0 Å². The van der Waals surface area contributed by atoms with Crippen LogP contribution in [0.25, 0.3) is 0 Å². The maximum atomic E-state index is 11.9. The molecule has 5 heteroatoms. The zero-order valence-corrected chi connectivity index (χ0v) is 10.8. The van der Waals surface area contributed by atoms with Crippen molar-refractivity contribution in [2.45, 2.75) is 33.1 Å². The molecule has 1 aliphatic heterocycles. The molecule has 1 fully saturated rings. The molecule has 5 nitrogen and oxygen atoms in total. The van der Waals surface area contributed by atoms with E-state index in [0.717, 1.165) is 32.4 Å². The zero-order chi connectivity index (χ0) is 12.9. The third kappa shape index (κ3) is 3.43. The van der Waals surface area contributed by atoms with Crippen LogP contribution in [0.1, 0.15) is 33.1 Å². The number of nitrogens with two attached hydrogens (primary N) is 1. The van der Waals surface area contributed by atoms with Crippen molar-refractivity contribution in [2.75, 3.05) is 26.2 Å². The second kappa shape index (κ2) is 6.00. The Hall–Kier alpha value is -1.10. The second-order valence-electron chi connectivity index (χ2n) is 4.75. The predicted molar refractivity (Wildman–Crippen MR) is 66.3 cm³/mol. The third-order valence-electron chi connectivity index (χ3n) is 3.91. The highest BCUT2D eigenvalue weighted by Crippen LogP contribution is 2.36. The van der Waals surface area contributed by atoms with Crippen LogP contribution in [0, 0.1) is 5.41 Å². The molecule has 0 radical (unpaired) electrons. The smallest absolute Gasteiger partial charge is 0.241 e. The van der Waals surface area contributed by atoms with E-state index in [1.54, 1.807) is 0 Å². The number of rotatable bonds is 5. The Morgan fingerprint density at radius 3 is 2.47 bits per heavy atom. The highest BCUT2D eigenvalue weighted by Gasteiger charge is 2.36. The summed E-state index contributed by atoms with van der Waals surface area (Å²) in [4.78, 5) is 24.7. The largest absolute Gasteiger partial charge is 0.346 e. The normalized spacial score (nSPS) is 18.2. The highest BCUT2D eigenvalue weighted by molar-refractivity contribution is 5.85. The zero-order valence-electron chi connectivity index (χ0n) is 10.8. The van der Waals surface area contributed by atoms with Gasteiger partial charge in [-0.1, -0.05) is 13.8 Å². The molecular weight excluding hydrogens is 218 g/mol. The predicted octanol–water partition coefficient (Wildman–Crippen LogP) is 0.100. The van der Waals surface area contributed by atoms with Crippen molar-refractivity contribution >= 4 is 11.8 Å². The van der Waals surface area contributed by atoms with Crippen molar-refractivity contribution in [3.63, 3.8) is 0 Å². The van der Waals surface area contributed by atoms with Gasteiger partial charge < -0.3 is 16.0 Å². The van der Waals surface area contributed by atoms with E-state index in [1.165, 1.54) is 0 Å². The minimum Gasteiger partial charge on any atom is -0.346 e. The van der Waals surface area contributed by atoms with Gasteiger partial charge in [0.15, 0.2) is 0 Å². The van der Waals surface area contributed by atoms with Crippen molar-refractivity contribution in [2.24, 2.45) is 11.1 Å². The average Bonchev–Trinajstić information content (AvgIpc) is 2.80. The van der Waals surface area contributed by atoms with Crippen LogP contribution in [0.5, 0.6) is 0 Å². The topological polar surface area (TPSA) is 75.4 Å². The summed E-state index contributed by atoms with van der Waals surface area (Å²) in [5.41, 5.74) is 5.45. The van der Waals surface area contributed by atoms with Gasteiger partial charge >= 0.3 is 0 Å². The molecule has 0 saturated carbocycles. The fourth-order valence-corrected chi connectivity index (χ4v) is 2.33. The Labute approximate surface area is 103 Å². The Kier molecular flexibility index (Phi) is 4.93. The van der Waals surface area contributed by atoms with Crippen molar-refractivity contribution in [1.82, 2.24) is 10.2 Å². The molecule has 0 aliphatic carbocycles. The summed E-state index contributed by atoms with van der Waals surface area (Å²) >= 11 is 0. The first-order chi connectivity index (χ1) is 8.06. The summed E-state index contributed by atoms with van der Waals surface area (Å²) in [5, 5.41) is 2.52. The average molecular weight is 241 g/mol. The Bertz CT molecular complexity index is 287. The van der Waals surface area contributed by atoms with E-state index in [4.69, 9.17) is 5.73 Å². The van der Waals surface area contributed by atoms with Crippen molar-refractivity contribution in [3.8, 4) is 0 Å². The summed E-state index contributed by atoms with van der Waals surface area (Å²) in [6, 6.07) is 0. The number of amides is 2. The number of nitrogens with one attached hydrogen (secondary N) is 1. The molecule has 0 spiro atoms. The molecule has 1 heterocycles. The van der Waals surface area contributed by atoms with Crippen LogP contribution >= 0.6 is 0 Å². The van der Waals surface area contributed by atoms with Gasteiger partial charge in [-0.25, -0.2) is 0 Å². The molecule has 0 aromatic heterocycles. The Morgan fingerprint density at radius 1 is 1.35 bits per heavy atom.